The van der Waals surface area contributed by atoms with Crippen molar-refractivity contribution in [3.8, 4) is 6.07 Å². The fraction of sp³-hybridized carbons (Fsp3) is 0.389. The van der Waals surface area contributed by atoms with Crippen LogP contribution in [0.4, 0.5) is 13.2 Å². The summed E-state index contributed by atoms with van der Waals surface area (Å²) in [6.07, 6.45) is -6.45. The third-order valence-electron chi connectivity index (χ3n) is 4.84. The molecule has 0 spiro atoms. The molecule has 0 saturated carbocycles. The molecular weight excluding hydrogens is 401 g/mol. The predicted molar refractivity (Wildman–Crippen MR) is 87.2 cm³/mol. The first-order chi connectivity index (χ1) is 13.0. The van der Waals surface area contributed by atoms with Crippen molar-refractivity contribution in [1.29, 1.82) is 5.26 Å². The van der Waals surface area contributed by atoms with Gasteiger partial charge in [0.25, 0.3) is 0 Å². The van der Waals surface area contributed by atoms with Crippen molar-refractivity contribution >= 4 is 23.5 Å². The van der Waals surface area contributed by atoms with Crippen molar-refractivity contribution in [2.75, 3.05) is 0 Å². The number of hydrogen-bond donors (Lipinski definition) is 1. The zero-order valence-corrected chi connectivity index (χ0v) is 15.2. The third-order valence-corrected chi connectivity index (χ3v) is 5.08. The number of nitrogens with one attached hydrogen (secondary N) is 1. The number of nitriles is 1. The number of nitrogens with zero attached hydrogens (tertiary/aromatic N) is 1. The second-order valence-corrected chi connectivity index (χ2v) is 6.86. The van der Waals surface area contributed by atoms with Gasteiger partial charge < -0.3 is 25.1 Å². The van der Waals surface area contributed by atoms with Crippen LogP contribution in [0.15, 0.2) is 35.5 Å². The van der Waals surface area contributed by atoms with Gasteiger partial charge in [-0.05, 0) is 31.0 Å². The monoisotopic (exact) mass is 414 g/mol. The summed E-state index contributed by atoms with van der Waals surface area (Å²) in [6, 6.07) is 4.14. The van der Waals surface area contributed by atoms with Crippen molar-refractivity contribution < 1.29 is 33.0 Å². The van der Waals surface area contributed by atoms with E-state index < -0.39 is 53.9 Å². The maximum atomic E-state index is 13.8. The molecule has 1 heterocycles. The van der Waals surface area contributed by atoms with Crippen molar-refractivity contribution in [3.05, 3.63) is 46.1 Å². The van der Waals surface area contributed by atoms with Gasteiger partial charge in [-0.3, -0.25) is 0 Å². The molecule has 0 amide bonds. The van der Waals surface area contributed by atoms with Gasteiger partial charge in [-0.1, -0.05) is 23.7 Å². The number of carbonyl (C=O) groups is 2. The molecule has 3 unspecified atom stereocenters. The summed E-state index contributed by atoms with van der Waals surface area (Å²) in [7, 11) is 0. The minimum atomic E-state index is -5.08. The molecule has 10 heteroatoms. The first-order valence-electron chi connectivity index (χ1n) is 8.06. The molecule has 0 saturated heterocycles. The lowest BCUT2D eigenvalue weighted by atomic mass is 9.59. The van der Waals surface area contributed by atoms with Crippen LogP contribution in [0, 0.1) is 16.7 Å². The summed E-state index contributed by atoms with van der Waals surface area (Å²) in [6.45, 7) is 1.09. The van der Waals surface area contributed by atoms with Crippen LogP contribution in [0.5, 0.6) is 0 Å². The number of carboxylic acids is 2. The fourth-order valence-electron chi connectivity index (χ4n) is 3.75. The number of benzene rings is 1. The van der Waals surface area contributed by atoms with Gasteiger partial charge in [-0.15, -0.1) is 0 Å². The minimum Gasteiger partial charge on any atom is -0.549 e. The predicted octanol–water partition coefficient (Wildman–Crippen LogP) is 1.02. The first kappa shape index (κ1) is 21.6. The second-order valence-electron chi connectivity index (χ2n) is 6.42. The summed E-state index contributed by atoms with van der Waals surface area (Å²) < 4.78 is 41.5. The molecule has 2 rings (SSSR count). The molecule has 150 valence electrons. The van der Waals surface area contributed by atoms with Crippen molar-refractivity contribution in [2.45, 2.75) is 37.9 Å². The number of rotatable bonds is 5. The highest BCUT2D eigenvalue weighted by molar-refractivity contribution is 6.30. The maximum Gasteiger partial charge on any atom is 0.409 e. The quantitative estimate of drug-likeness (QED) is 0.769. The average Bonchev–Trinajstić information content (AvgIpc) is 2.58. The Bertz CT molecular complexity index is 878. The number of hydrogen-bond acceptors (Lipinski definition) is 6. The molecular formula is C18H14ClF3N2O4-2. The summed E-state index contributed by atoms with van der Waals surface area (Å²) in [5.74, 6) is -5.77. The van der Waals surface area contributed by atoms with Crippen LogP contribution in [0.25, 0.3) is 0 Å². The van der Waals surface area contributed by atoms with Crippen LogP contribution in [0.3, 0.4) is 0 Å². The standard InChI is InChI=1S/C18H16ClF3N2O4/c1-9-12(14(25)26)13(10-4-2-5-11(19)8-10)17(16(27)28,6-3-7-23)15(24-9)18(20,21)22/h2,4-5,8,13,15,24H,3,6H2,1H3,(H,25,26)(H,27,28)/p-2. The molecule has 0 bridgehead atoms. The Morgan fingerprint density at radius 1 is 1.36 bits per heavy atom. The van der Waals surface area contributed by atoms with E-state index in [-0.39, 0.29) is 16.3 Å². The van der Waals surface area contributed by atoms with E-state index in [0.717, 1.165) is 6.92 Å². The third kappa shape index (κ3) is 3.64. The highest BCUT2D eigenvalue weighted by Crippen LogP contribution is 2.54. The average molecular weight is 415 g/mol. The van der Waals surface area contributed by atoms with Crippen LogP contribution in [-0.2, 0) is 9.59 Å². The maximum absolute atomic E-state index is 13.8. The molecule has 1 aromatic rings. The SMILES string of the molecule is CC1=C(C(=O)[O-])C(c2cccc(Cl)c2)C(CCC#N)(C(=O)[O-])C(C(F)(F)F)N1. The number of allylic oxidation sites excluding steroid dienone is 1. The molecule has 3 atom stereocenters. The Labute approximate surface area is 163 Å². The molecule has 0 radical (unpaired) electrons. The molecule has 0 aromatic heterocycles. The molecule has 0 aliphatic carbocycles. The van der Waals surface area contributed by atoms with Crippen LogP contribution >= 0.6 is 11.6 Å². The second kappa shape index (κ2) is 7.72. The highest BCUT2D eigenvalue weighted by atomic mass is 35.5. The van der Waals surface area contributed by atoms with E-state index in [0.29, 0.717) is 0 Å². The number of halogens is 4. The largest absolute Gasteiger partial charge is 0.549 e. The summed E-state index contributed by atoms with van der Waals surface area (Å²) >= 11 is 5.90. The molecule has 1 aliphatic heterocycles. The molecule has 0 fully saturated rings. The zero-order chi connectivity index (χ0) is 21.3. The molecule has 1 aliphatic rings. The molecule has 28 heavy (non-hydrogen) atoms. The van der Waals surface area contributed by atoms with Crippen LogP contribution < -0.4 is 15.5 Å². The fourth-order valence-corrected chi connectivity index (χ4v) is 3.95. The molecule has 1 N–H and O–H groups in total. The Hall–Kier alpha value is -2.73. The van der Waals surface area contributed by atoms with Crippen molar-refractivity contribution in [3.63, 3.8) is 0 Å². The topological polar surface area (TPSA) is 116 Å². The van der Waals surface area contributed by atoms with Gasteiger partial charge in [0.15, 0.2) is 0 Å². The molecule has 1 aromatic carbocycles. The van der Waals surface area contributed by atoms with Gasteiger partial charge >= 0.3 is 6.18 Å². The summed E-state index contributed by atoms with van der Waals surface area (Å²) in [5.41, 5.74) is -3.93. The number of carbonyl (C=O) groups excluding carboxylic acids is 2. The van der Waals surface area contributed by atoms with Crippen LogP contribution in [-0.4, -0.2) is 24.2 Å². The van der Waals surface area contributed by atoms with E-state index in [9.17, 15) is 33.0 Å². The van der Waals surface area contributed by atoms with E-state index in [1.54, 1.807) is 6.07 Å². The van der Waals surface area contributed by atoms with E-state index in [1.807, 2.05) is 5.32 Å². The summed E-state index contributed by atoms with van der Waals surface area (Å²) in [5, 5.41) is 34.8. The zero-order valence-electron chi connectivity index (χ0n) is 14.5. The van der Waals surface area contributed by atoms with Crippen LogP contribution in [0.2, 0.25) is 5.02 Å². The molecule has 6 nitrogen and oxygen atoms in total. The van der Waals surface area contributed by atoms with Gasteiger partial charge in [-0.25, -0.2) is 0 Å². The van der Waals surface area contributed by atoms with E-state index >= 15 is 0 Å². The van der Waals surface area contributed by atoms with E-state index in [1.165, 1.54) is 24.3 Å². The van der Waals surface area contributed by atoms with Gasteiger partial charge in [0, 0.05) is 28.6 Å². The van der Waals surface area contributed by atoms with Crippen molar-refractivity contribution in [2.24, 2.45) is 5.41 Å². The lowest BCUT2D eigenvalue weighted by Crippen LogP contribution is -2.66. The Balaban J connectivity index is 2.93. The first-order valence-corrected chi connectivity index (χ1v) is 8.43. The van der Waals surface area contributed by atoms with Gasteiger partial charge in [0.05, 0.1) is 23.4 Å². The normalized spacial score (nSPS) is 25.0. The minimum absolute atomic E-state index is 0.0658. The Kier molecular flexibility index (Phi) is 5.94. The van der Waals surface area contributed by atoms with Gasteiger partial charge in [0.2, 0.25) is 0 Å². The smallest absolute Gasteiger partial charge is 0.409 e. The Morgan fingerprint density at radius 2 is 2.00 bits per heavy atom. The van der Waals surface area contributed by atoms with Gasteiger partial charge in [0.1, 0.15) is 6.04 Å². The number of carboxylic acid groups (broad SMARTS) is 2. The lowest BCUT2D eigenvalue weighted by molar-refractivity contribution is -0.329. The highest BCUT2D eigenvalue weighted by Gasteiger charge is 2.61. The van der Waals surface area contributed by atoms with Crippen LogP contribution in [0.1, 0.15) is 31.2 Å². The van der Waals surface area contributed by atoms with Crippen molar-refractivity contribution in [1.82, 2.24) is 5.32 Å². The lowest BCUT2D eigenvalue weighted by Gasteiger charge is -2.52. The number of aliphatic carboxylic acids is 2. The van der Waals surface area contributed by atoms with Gasteiger partial charge in [-0.2, -0.15) is 18.4 Å². The van der Waals surface area contributed by atoms with E-state index in [2.05, 4.69) is 0 Å². The number of alkyl halides is 3. The van der Waals surface area contributed by atoms with E-state index in [4.69, 9.17) is 16.9 Å². The summed E-state index contributed by atoms with van der Waals surface area (Å²) in [4.78, 5) is 23.9. The Morgan fingerprint density at radius 3 is 2.46 bits per heavy atom.